The zero-order chi connectivity index (χ0) is 27.3. The molecule has 0 aromatic heterocycles. The van der Waals surface area contributed by atoms with Gasteiger partial charge >= 0.3 is 12.1 Å². The van der Waals surface area contributed by atoms with Crippen molar-refractivity contribution in [2.24, 2.45) is 5.92 Å². The summed E-state index contributed by atoms with van der Waals surface area (Å²) in [6.07, 6.45) is -4.65. The van der Waals surface area contributed by atoms with Crippen LogP contribution in [0.2, 0.25) is 0 Å². The number of anilines is 1. The van der Waals surface area contributed by atoms with Gasteiger partial charge in [-0.25, -0.2) is 0 Å². The predicted molar refractivity (Wildman–Crippen MR) is 128 cm³/mol. The third-order valence-corrected chi connectivity index (χ3v) is 5.92. The molecule has 3 N–H and O–H groups in total. The van der Waals surface area contributed by atoms with E-state index >= 15 is 0 Å². The van der Waals surface area contributed by atoms with E-state index in [0.717, 1.165) is 17.0 Å². The second-order valence-electron chi connectivity index (χ2n) is 8.19. The topological polar surface area (TPSA) is 127 Å². The van der Waals surface area contributed by atoms with Crippen molar-refractivity contribution in [1.29, 1.82) is 10.7 Å². The number of carbonyl (C=O) groups is 2. The van der Waals surface area contributed by atoms with Crippen molar-refractivity contribution in [2.75, 3.05) is 24.7 Å². The Balaban J connectivity index is 2.30. The van der Waals surface area contributed by atoms with E-state index in [-0.39, 0.29) is 42.6 Å². The van der Waals surface area contributed by atoms with Crippen molar-refractivity contribution in [1.82, 2.24) is 5.32 Å². The molecule has 1 aliphatic rings. The molecule has 8 nitrogen and oxygen atoms in total. The molecule has 37 heavy (non-hydrogen) atoms. The van der Waals surface area contributed by atoms with Gasteiger partial charge in [0.15, 0.2) is 0 Å². The molecule has 0 aliphatic carbocycles. The van der Waals surface area contributed by atoms with Crippen LogP contribution in [-0.4, -0.2) is 42.6 Å². The quantitative estimate of drug-likeness (QED) is 0.484. The molecule has 0 fully saturated rings. The number of halogens is 3. The number of nitriles is 1. The van der Waals surface area contributed by atoms with Crippen LogP contribution in [0.25, 0.3) is 0 Å². The number of hydrogen-bond donors (Lipinski definition) is 3. The minimum Gasteiger partial charge on any atom is -0.465 e. The zero-order valence-corrected chi connectivity index (χ0v) is 20.1. The standard InChI is InChI=1S/C26H25F3N4O4/c1-3-37-25(36)22-21(17-9-7-16(14-30)8-10-17)20(24(35)32-11-12-34)15(2)33(23(22)31)19-6-4-5-18(13-19)26(27,28)29/h4-10,13,21-22,31,34H,3,11-12H2,1-2H3,(H,32,35). The third-order valence-electron chi connectivity index (χ3n) is 5.92. The number of nitrogens with one attached hydrogen (secondary N) is 2. The molecule has 2 unspecified atom stereocenters. The summed E-state index contributed by atoms with van der Waals surface area (Å²) in [5.74, 6) is -4.30. The van der Waals surface area contributed by atoms with Crippen molar-refractivity contribution in [3.63, 3.8) is 0 Å². The van der Waals surface area contributed by atoms with Crippen molar-refractivity contribution in [3.05, 3.63) is 76.5 Å². The number of aliphatic hydroxyl groups excluding tert-OH is 1. The average molecular weight is 515 g/mol. The summed E-state index contributed by atoms with van der Waals surface area (Å²) in [4.78, 5) is 27.7. The molecular formula is C26H25F3N4O4. The maximum absolute atomic E-state index is 13.5. The lowest BCUT2D eigenvalue weighted by molar-refractivity contribution is -0.146. The molecule has 1 heterocycles. The number of alkyl halides is 3. The molecule has 2 atom stereocenters. The van der Waals surface area contributed by atoms with Gasteiger partial charge in [0.25, 0.3) is 0 Å². The van der Waals surface area contributed by atoms with Crippen LogP contribution in [0.15, 0.2) is 59.8 Å². The van der Waals surface area contributed by atoms with Gasteiger partial charge < -0.3 is 20.1 Å². The summed E-state index contributed by atoms with van der Waals surface area (Å²) in [6, 6.07) is 12.3. The summed E-state index contributed by atoms with van der Waals surface area (Å²) in [7, 11) is 0. The fraction of sp³-hybridized carbons (Fsp3) is 0.308. The predicted octanol–water partition coefficient (Wildman–Crippen LogP) is 3.72. The van der Waals surface area contributed by atoms with Crippen LogP contribution in [0, 0.1) is 22.7 Å². The number of rotatable bonds is 7. The molecule has 1 aliphatic heterocycles. The van der Waals surface area contributed by atoms with E-state index < -0.39 is 35.5 Å². The lowest BCUT2D eigenvalue weighted by Gasteiger charge is -2.41. The van der Waals surface area contributed by atoms with Gasteiger partial charge in [-0.05, 0) is 49.7 Å². The number of allylic oxidation sites excluding steroid dienone is 1. The fourth-order valence-electron chi connectivity index (χ4n) is 4.32. The number of aliphatic hydroxyl groups is 1. The second kappa shape index (κ2) is 11.3. The zero-order valence-electron chi connectivity index (χ0n) is 20.1. The monoisotopic (exact) mass is 514 g/mol. The summed E-state index contributed by atoms with van der Waals surface area (Å²) < 4.78 is 45.6. The van der Waals surface area contributed by atoms with Crippen LogP contribution in [0.3, 0.4) is 0 Å². The highest BCUT2D eigenvalue weighted by molar-refractivity contribution is 6.15. The highest BCUT2D eigenvalue weighted by Gasteiger charge is 2.47. The maximum Gasteiger partial charge on any atom is 0.416 e. The Morgan fingerprint density at radius 1 is 1.22 bits per heavy atom. The lowest BCUT2D eigenvalue weighted by atomic mass is 9.75. The number of ether oxygens (including phenoxy) is 1. The van der Waals surface area contributed by atoms with E-state index in [0.29, 0.717) is 11.1 Å². The van der Waals surface area contributed by atoms with E-state index in [9.17, 15) is 27.9 Å². The summed E-state index contributed by atoms with van der Waals surface area (Å²) in [5.41, 5.74) is -0.102. The molecular weight excluding hydrogens is 489 g/mol. The number of amidine groups is 1. The first-order valence-electron chi connectivity index (χ1n) is 11.4. The lowest BCUT2D eigenvalue weighted by Crippen LogP contribution is -2.49. The van der Waals surface area contributed by atoms with E-state index in [2.05, 4.69) is 5.32 Å². The van der Waals surface area contributed by atoms with Crippen LogP contribution >= 0.6 is 0 Å². The number of nitrogens with zero attached hydrogens (tertiary/aromatic N) is 2. The molecule has 0 radical (unpaired) electrons. The molecule has 2 aromatic rings. The van der Waals surface area contributed by atoms with Gasteiger partial charge in [0.1, 0.15) is 11.8 Å². The van der Waals surface area contributed by atoms with E-state index in [1.165, 1.54) is 31.2 Å². The molecule has 194 valence electrons. The first-order chi connectivity index (χ1) is 17.5. The van der Waals surface area contributed by atoms with Gasteiger partial charge in [0.2, 0.25) is 5.91 Å². The van der Waals surface area contributed by atoms with Crippen molar-refractivity contribution < 1.29 is 32.6 Å². The number of esters is 1. The van der Waals surface area contributed by atoms with Gasteiger partial charge in [0, 0.05) is 29.4 Å². The Labute approximate surface area is 211 Å². The normalized spacial score (nSPS) is 17.9. The molecule has 0 bridgehead atoms. The summed E-state index contributed by atoms with van der Waals surface area (Å²) in [5, 5.41) is 29.9. The van der Waals surface area contributed by atoms with Gasteiger partial charge in [-0.3, -0.25) is 15.0 Å². The third kappa shape index (κ3) is 5.65. The molecule has 0 spiro atoms. The van der Waals surface area contributed by atoms with Crippen molar-refractivity contribution in [3.8, 4) is 6.07 Å². The minimum atomic E-state index is -4.65. The number of benzene rings is 2. The van der Waals surface area contributed by atoms with E-state index in [1.807, 2.05) is 6.07 Å². The summed E-state index contributed by atoms with van der Waals surface area (Å²) in [6.45, 7) is 2.54. The largest absolute Gasteiger partial charge is 0.465 e. The van der Waals surface area contributed by atoms with Gasteiger partial charge in [-0.15, -0.1) is 0 Å². The van der Waals surface area contributed by atoms with E-state index in [1.54, 1.807) is 19.1 Å². The smallest absolute Gasteiger partial charge is 0.416 e. The molecule has 3 rings (SSSR count). The first kappa shape index (κ1) is 27.4. The maximum atomic E-state index is 13.5. The van der Waals surface area contributed by atoms with Crippen molar-refractivity contribution in [2.45, 2.75) is 25.9 Å². The Morgan fingerprint density at radius 3 is 2.46 bits per heavy atom. The molecule has 11 heteroatoms. The molecule has 0 saturated heterocycles. The van der Waals surface area contributed by atoms with Crippen LogP contribution in [0.1, 0.15) is 36.5 Å². The van der Waals surface area contributed by atoms with Gasteiger partial charge in [-0.2, -0.15) is 18.4 Å². The Morgan fingerprint density at radius 2 is 1.89 bits per heavy atom. The molecule has 1 amide bonds. The number of amides is 1. The number of hydrogen-bond acceptors (Lipinski definition) is 6. The number of carbonyl (C=O) groups excluding carboxylic acids is 2. The van der Waals surface area contributed by atoms with Crippen LogP contribution in [0.5, 0.6) is 0 Å². The fourth-order valence-corrected chi connectivity index (χ4v) is 4.32. The first-order valence-corrected chi connectivity index (χ1v) is 11.4. The Hall–Kier alpha value is -4.17. The Bertz CT molecular complexity index is 1270. The van der Waals surface area contributed by atoms with Crippen LogP contribution in [0.4, 0.5) is 18.9 Å². The average Bonchev–Trinajstić information content (AvgIpc) is 2.86. The highest BCUT2D eigenvalue weighted by Crippen LogP contribution is 2.44. The van der Waals surface area contributed by atoms with E-state index in [4.69, 9.17) is 15.4 Å². The summed E-state index contributed by atoms with van der Waals surface area (Å²) >= 11 is 0. The minimum absolute atomic E-state index is 0.0182. The van der Waals surface area contributed by atoms with Crippen LogP contribution < -0.4 is 10.2 Å². The molecule has 0 saturated carbocycles. The molecule has 2 aromatic carbocycles. The highest BCUT2D eigenvalue weighted by atomic mass is 19.4. The SMILES string of the molecule is CCOC(=O)C1C(=N)N(c2cccc(C(F)(F)F)c2)C(C)=C(C(=O)NCCO)C1c1ccc(C#N)cc1. The second-order valence-corrected chi connectivity index (χ2v) is 8.19. The van der Waals surface area contributed by atoms with Crippen molar-refractivity contribution >= 4 is 23.4 Å². The van der Waals surface area contributed by atoms with Gasteiger partial charge in [0.05, 0.1) is 30.4 Å². The van der Waals surface area contributed by atoms with Crippen LogP contribution in [-0.2, 0) is 20.5 Å². The Kier molecular flexibility index (Phi) is 8.35. The van der Waals surface area contributed by atoms with Gasteiger partial charge in [-0.1, -0.05) is 18.2 Å².